The predicted molar refractivity (Wildman–Crippen MR) is 94.7 cm³/mol. The van der Waals surface area contributed by atoms with Crippen LogP contribution in [0.4, 0.5) is 0 Å². The molecule has 1 aromatic heterocycles. The van der Waals surface area contributed by atoms with Crippen LogP contribution in [0.2, 0.25) is 0 Å². The summed E-state index contributed by atoms with van der Waals surface area (Å²) in [4.78, 5) is 39.6. The lowest BCUT2D eigenvalue weighted by molar-refractivity contribution is 0.0522. The highest BCUT2D eigenvalue weighted by molar-refractivity contribution is 8.00. The third kappa shape index (κ3) is 4.11. The number of carbonyl (C=O) groups is 3. The van der Waals surface area contributed by atoms with Crippen molar-refractivity contribution in [3.8, 4) is 0 Å². The summed E-state index contributed by atoms with van der Waals surface area (Å²) in [6, 6.07) is 6.50. The molecular formula is C18H19NO5S. The molecule has 0 saturated heterocycles. The lowest BCUT2D eigenvalue weighted by Crippen LogP contribution is -2.13. The zero-order chi connectivity index (χ0) is 18.6. The molecule has 0 amide bonds. The van der Waals surface area contributed by atoms with Gasteiger partial charge in [0.2, 0.25) is 0 Å². The lowest BCUT2D eigenvalue weighted by Gasteiger charge is -2.07. The van der Waals surface area contributed by atoms with Crippen LogP contribution in [0.25, 0.3) is 0 Å². The first kappa shape index (κ1) is 18.8. The summed E-state index contributed by atoms with van der Waals surface area (Å²) in [7, 11) is 0. The number of Topliss-reactive ketones (excluding diaryl/α,β-unsaturated/α-hetero) is 1. The molecule has 0 aliphatic rings. The van der Waals surface area contributed by atoms with Crippen LogP contribution < -0.4 is 0 Å². The predicted octanol–water partition coefficient (Wildman–Crippen LogP) is 3.48. The Morgan fingerprint density at radius 3 is 2.40 bits per heavy atom. The Bertz CT molecular complexity index is 825. The highest BCUT2D eigenvalue weighted by atomic mass is 32.2. The number of aromatic carboxylic acids is 1. The van der Waals surface area contributed by atoms with E-state index >= 15 is 0 Å². The standard InChI is InChI=1S/C18H19NO5S/c1-4-24-18(23)16-11(3)19-10(2)15(16)13(20)9-25-14-8-6-5-7-12(14)17(21)22/h5-8,19H,4,9H2,1-3H3,(H,21,22). The van der Waals surface area contributed by atoms with Gasteiger partial charge in [-0.05, 0) is 32.9 Å². The summed E-state index contributed by atoms with van der Waals surface area (Å²) in [6.45, 7) is 5.35. The van der Waals surface area contributed by atoms with Crippen LogP contribution in [-0.2, 0) is 4.74 Å². The fourth-order valence-electron chi connectivity index (χ4n) is 2.57. The monoisotopic (exact) mass is 361 g/mol. The molecule has 25 heavy (non-hydrogen) atoms. The number of nitrogens with one attached hydrogen (secondary N) is 1. The van der Waals surface area contributed by atoms with Crippen molar-refractivity contribution < 1.29 is 24.2 Å². The first-order valence-corrected chi connectivity index (χ1v) is 8.70. The summed E-state index contributed by atoms with van der Waals surface area (Å²) in [5, 5.41) is 9.21. The molecule has 1 heterocycles. The zero-order valence-electron chi connectivity index (χ0n) is 14.2. The number of esters is 1. The van der Waals surface area contributed by atoms with Gasteiger partial charge in [0.25, 0.3) is 0 Å². The van der Waals surface area contributed by atoms with E-state index in [0.717, 1.165) is 11.8 Å². The molecule has 0 fully saturated rings. The first-order valence-electron chi connectivity index (χ1n) is 7.71. The van der Waals surface area contributed by atoms with E-state index in [0.29, 0.717) is 21.8 Å². The van der Waals surface area contributed by atoms with Crippen LogP contribution in [0.15, 0.2) is 29.2 Å². The van der Waals surface area contributed by atoms with Crippen molar-refractivity contribution in [2.45, 2.75) is 25.7 Å². The van der Waals surface area contributed by atoms with E-state index in [1.54, 1.807) is 39.0 Å². The molecule has 0 radical (unpaired) electrons. The number of carboxylic acids is 1. The molecule has 0 aliphatic carbocycles. The van der Waals surface area contributed by atoms with Gasteiger partial charge >= 0.3 is 11.9 Å². The minimum absolute atomic E-state index is 0.0227. The van der Waals surface area contributed by atoms with Crippen LogP contribution in [0, 0.1) is 13.8 Å². The number of carbonyl (C=O) groups excluding carboxylic acids is 2. The molecule has 0 aliphatic heterocycles. The number of thioether (sulfide) groups is 1. The Labute approximate surface area is 149 Å². The maximum Gasteiger partial charge on any atom is 0.340 e. The van der Waals surface area contributed by atoms with Gasteiger partial charge in [-0.1, -0.05) is 12.1 Å². The zero-order valence-corrected chi connectivity index (χ0v) is 15.0. The second-order valence-electron chi connectivity index (χ2n) is 5.36. The Morgan fingerprint density at radius 2 is 1.76 bits per heavy atom. The van der Waals surface area contributed by atoms with Crippen LogP contribution in [-0.4, -0.2) is 40.2 Å². The summed E-state index contributed by atoms with van der Waals surface area (Å²) in [5.74, 6) is -1.82. The summed E-state index contributed by atoms with van der Waals surface area (Å²) in [6.07, 6.45) is 0. The molecule has 132 valence electrons. The minimum Gasteiger partial charge on any atom is -0.478 e. The smallest absolute Gasteiger partial charge is 0.340 e. The van der Waals surface area contributed by atoms with Gasteiger partial charge < -0.3 is 14.8 Å². The van der Waals surface area contributed by atoms with Crippen LogP contribution >= 0.6 is 11.8 Å². The number of rotatable bonds is 7. The van der Waals surface area contributed by atoms with Crippen molar-refractivity contribution in [1.29, 1.82) is 0 Å². The highest BCUT2D eigenvalue weighted by Gasteiger charge is 2.25. The summed E-state index contributed by atoms with van der Waals surface area (Å²) in [5.41, 5.74) is 1.87. The molecule has 2 rings (SSSR count). The Hall–Kier alpha value is -2.54. The average Bonchev–Trinajstić information content (AvgIpc) is 2.87. The molecule has 7 heteroatoms. The van der Waals surface area contributed by atoms with Crippen molar-refractivity contribution in [3.63, 3.8) is 0 Å². The second kappa shape index (κ2) is 8.02. The van der Waals surface area contributed by atoms with Crippen LogP contribution in [0.5, 0.6) is 0 Å². The summed E-state index contributed by atoms with van der Waals surface area (Å²) < 4.78 is 5.03. The van der Waals surface area contributed by atoms with Gasteiger partial charge in [0.05, 0.1) is 29.1 Å². The fourth-order valence-corrected chi connectivity index (χ4v) is 3.49. The van der Waals surface area contributed by atoms with Gasteiger partial charge in [-0.3, -0.25) is 4.79 Å². The van der Waals surface area contributed by atoms with Gasteiger partial charge in [-0.15, -0.1) is 11.8 Å². The van der Waals surface area contributed by atoms with Crippen molar-refractivity contribution in [2.75, 3.05) is 12.4 Å². The van der Waals surface area contributed by atoms with Crippen molar-refractivity contribution in [2.24, 2.45) is 0 Å². The van der Waals surface area contributed by atoms with Gasteiger partial charge in [0, 0.05) is 16.3 Å². The number of H-pyrrole nitrogens is 1. The normalized spacial score (nSPS) is 10.5. The average molecular weight is 361 g/mol. The van der Waals surface area contributed by atoms with E-state index in [1.165, 1.54) is 6.07 Å². The molecule has 1 aromatic carbocycles. The molecule has 0 bridgehead atoms. The Kier molecular flexibility index (Phi) is 6.03. The first-order chi connectivity index (χ1) is 11.9. The lowest BCUT2D eigenvalue weighted by atomic mass is 10.1. The van der Waals surface area contributed by atoms with E-state index in [2.05, 4.69) is 4.98 Å². The minimum atomic E-state index is -1.04. The van der Waals surface area contributed by atoms with Gasteiger partial charge in [0.1, 0.15) is 0 Å². The largest absolute Gasteiger partial charge is 0.478 e. The fraction of sp³-hybridized carbons (Fsp3) is 0.278. The Balaban J connectivity index is 2.25. The molecule has 6 nitrogen and oxygen atoms in total. The Morgan fingerprint density at radius 1 is 1.12 bits per heavy atom. The second-order valence-corrected chi connectivity index (χ2v) is 6.38. The number of aromatic nitrogens is 1. The van der Waals surface area contributed by atoms with E-state index in [-0.39, 0.29) is 29.3 Å². The van der Waals surface area contributed by atoms with Crippen LogP contribution in [0.1, 0.15) is 49.4 Å². The molecule has 2 aromatic rings. The number of hydrogen-bond acceptors (Lipinski definition) is 5. The quantitative estimate of drug-likeness (QED) is 0.445. The van der Waals surface area contributed by atoms with Crippen molar-refractivity contribution >= 4 is 29.5 Å². The molecule has 0 spiro atoms. The van der Waals surface area contributed by atoms with Gasteiger partial charge in [-0.2, -0.15) is 0 Å². The number of ether oxygens (including phenoxy) is 1. The maximum absolute atomic E-state index is 12.7. The molecular weight excluding hydrogens is 342 g/mol. The van der Waals surface area contributed by atoms with Gasteiger partial charge in [-0.25, -0.2) is 9.59 Å². The van der Waals surface area contributed by atoms with E-state index < -0.39 is 11.9 Å². The van der Waals surface area contributed by atoms with Crippen molar-refractivity contribution in [3.05, 3.63) is 52.3 Å². The number of carboxylic acid groups (broad SMARTS) is 1. The van der Waals surface area contributed by atoms with E-state index in [4.69, 9.17) is 4.74 Å². The number of benzene rings is 1. The third-order valence-electron chi connectivity index (χ3n) is 3.61. The molecule has 0 saturated carbocycles. The topological polar surface area (TPSA) is 96.5 Å². The number of ketones is 1. The molecule has 2 N–H and O–H groups in total. The number of aryl methyl sites for hydroxylation is 2. The summed E-state index contributed by atoms with van der Waals surface area (Å²) >= 11 is 1.13. The van der Waals surface area contributed by atoms with Crippen molar-refractivity contribution in [1.82, 2.24) is 4.98 Å². The molecule has 0 atom stereocenters. The van der Waals surface area contributed by atoms with Gasteiger partial charge in [0.15, 0.2) is 5.78 Å². The SMILES string of the molecule is CCOC(=O)c1c(C)[nH]c(C)c1C(=O)CSc1ccccc1C(=O)O. The maximum atomic E-state index is 12.7. The molecule has 0 unspecified atom stereocenters. The number of hydrogen-bond donors (Lipinski definition) is 2. The third-order valence-corrected chi connectivity index (χ3v) is 4.68. The van der Waals surface area contributed by atoms with Crippen LogP contribution in [0.3, 0.4) is 0 Å². The number of aromatic amines is 1. The van der Waals surface area contributed by atoms with E-state index in [9.17, 15) is 19.5 Å². The van der Waals surface area contributed by atoms with E-state index in [1.807, 2.05) is 0 Å². The highest BCUT2D eigenvalue weighted by Crippen LogP contribution is 2.26.